The SMILES string of the molecule is COc1cccc([C@@H]2O[C@@H](CC(=O)O)c3nnc(C(F)(F)F)n3-c3ccc(C#N)cc32)c1OC. The Morgan fingerprint density at radius 1 is 1.21 bits per heavy atom. The normalized spacial score (nSPS) is 17.2. The van der Waals surface area contributed by atoms with E-state index in [1.807, 2.05) is 6.07 Å². The van der Waals surface area contributed by atoms with Crippen molar-refractivity contribution in [2.45, 2.75) is 24.8 Å². The summed E-state index contributed by atoms with van der Waals surface area (Å²) in [5, 5.41) is 25.8. The van der Waals surface area contributed by atoms with Gasteiger partial charge in [0.05, 0.1) is 38.0 Å². The van der Waals surface area contributed by atoms with Crippen LogP contribution in [0.1, 0.15) is 47.0 Å². The number of carboxylic acids is 1. The first-order valence-corrected chi connectivity index (χ1v) is 9.84. The number of para-hydroxylation sites is 1. The standard InChI is InChI=1S/C22H17F3N4O5/c1-32-15-5-3-4-12(19(15)33-2)18-13-8-11(10-26)6-7-14(13)29-20(16(34-18)9-17(30)31)27-28-21(29)22(23,24)25/h3-8,16,18H,9H2,1-2H3,(H,30,31)/t16-,18-/m0/s1. The fraction of sp³-hybridized carbons (Fsp3) is 0.273. The summed E-state index contributed by atoms with van der Waals surface area (Å²) in [6.07, 6.45) is -8.10. The van der Waals surface area contributed by atoms with E-state index in [4.69, 9.17) is 14.2 Å². The molecule has 0 saturated heterocycles. The number of rotatable bonds is 5. The van der Waals surface area contributed by atoms with Gasteiger partial charge in [0.15, 0.2) is 17.3 Å². The van der Waals surface area contributed by atoms with Crippen LogP contribution >= 0.6 is 0 Å². The van der Waals surface area contributed by atoms with E-state index in [-0.39, 0.29) is 28.4 Å². The Bertz CT molecular complexity index is 1300. The van der Waals surface area contributed by atoms with Crippen molar-refractivity contribution in [2.75, 3.05) is 14.2 Å². The van der Waals surface area contributed by atoms with E-state index >= 15 is 0 Å². The van der Waals surface area contributed by atoms with Gasteiger partial charge >= 0.3 is 12.1 Å². The lowest BCUT2D eigenvalue weighted by Gasteiger charge is -2.24. The van der Waals surface area contributed by atoms with Crippen molar-refractivity contribution in [3.05, 3.63) is 64.7 Å². The summed E-state index contributed by atoms with van der Waals surface area (Å²) in [4.78, 5) is 11.6. The van der Waals surface area contributed by atoms with Crippen molar-refractivity contribution < 1.29 is 37.3 Å². The highest BCUT2D eigenvalue weighted by molar-refractivity contribution is 5.68. The molecule has 0 fully saturated rings. The number of hydrogen-bond acceptors (Lipinski definition) is 7. The zero-order valence-electron chi connectivity index (χ0n) is 17.8. The Labute approximate surface area is 190 Å². The van der Waals surface area contributed by atoms with Gasteiger partial charge in [0.1, 0.15) is 12.2 Å². The second-order valence-electron chi connectivity index (χ2n) is 7.29. The molecule has 0 saturated carbocycles. The Balaban J connectivity index is 2.06. The first kappa shape index (κ1) is 23.1. The van der Waals surface area contributed by atoms with Crippen LogP contribution < -0.4 is 9.47 Å². The number of hydrogen-bond donors (Lipinski definition) is 1. The number of carbonyl (C=O) groups is 1. The smallest absolute Gasteiger partial charge is 0.452 e. The molecule has 176 valence electrons. The molecule has 4 rings (SSSR count). The van der Waals surface area contributed by atoms with Crippen LogP contribution in [0.5, 0.6) is 11.5 Å². The van der Waals surface area contributed by atoms with Crippen molar-refractivity contribution in [1.82, 2.24) is 14.8 Å². The van der Waals surface area contributed by atoms with Crippen molar-refractivity contribution in [3.63, 3.8) is 0 Å². The monoisotopic (exact) mass is 474 g/mol. The predicted molar refractivity (Wildman–Crippen MR) is 109 cm³/mol. The zero-order chi connectivity index (χ0) is 24.6. The second-order valence-corrected chi connectivity index (χ2v) is 7.29. The van der Waals surface area contributed by atoms with Crippen LogP contribution in [-0.4, -0.2) is 40.1 Å². The van der Waals surface area contributed by atoms with Gasteiger partial charge in [-0.05, 0) is 24.3 Å². The maximum absolute atomic E-state index is 13.8. The predicted octanol–water partition coefficient (Wildman–Crippen LogP) is 3.81. The van der Waals surface area contributed by atoms with Gasteiger partial charge in [-0.15, -0.1) is 10.2 Å². The summed E-state index contributed by atoms with van der Waals surface area (Å²) < 4.78 is 59.2. The molecule has 0 amide bonds. The third-order valence-corrected chi connectivity index (χ3v) is 5.29. The molecule has 2 heterocycles. The molecule has 12 heteroatoms. The first-order valence-electron chi connectivity index (χ1n) is 9.84. The summed E-state index contributed by atoms with van der Waals surface area (Å²) >= 11 is 0. The van der Waals surface area contributed by atoms with Gasteiger partial charge in [-0.2, -0.15) is 18.4 Å². The van der Waals surface area contributed by atoms with Gasteiger partial charge < -0.3 is 19.3 Å². The van der Waals surface area contributed by atoms with E-state index in [9.17, 15) is 28.3 Å². The summed E-state index contributed by atoms with van der Waals surface area (Å²) in [5.41, 5.74) is 0.689. The van der Waals surface area contributed by atoms with Gasteiger partial charge in [-0.1, -0.05) is 12.1 Å². The van der Waals surface area contributed by atoms with E-state index in [0.717, 1.165) is 4.57 Å². The molecule has 3 aromatic rings. The van der Waals surface area contributed by atoms with Crippen LogP contribution in [0.15, 0.2) is 36.4 Å². The number of nitrogens with zero attached hydrogens (tertiary/aromatic N) is 4. The topological polar surface area (TPSA) is 119 Å². The minimum Gasteiger partial charge on any atom is -0.493 e. The fourth-order valence-electron chi connectivity index (χ4n) is 3.92. The number of aromatic nitrogens is 3. The highest BCUT2D eigenvalue weighted by atomic mass is 19.4. The van der Waals surface area contributed by atoms with Crippen molar-refractivity contribution in [1.29, 1.82) is 5.26 Å². The number of fused-ring (bicyclic) bond motifs is 3. The lowest BCUT2D eigenvalue weighted by Crippen LogP contribution is -2.17. The maximum atomic E-state index is 13.8. The quantitative estimate of drug-likeness (QED) is 0.593. The summed E-state index contributed by atoms with van der Waals surface area (Å²) in [6.45, 7) is 0. The summed E-state index contributed by atoms with van der Waals surface area (Å²) in [5.74, 6) is -2.41. The number of methoxy groups -OCH3 is 2. The molecule has 2 aromatic carbocycles. The molecule has 1 aliphatic heterocycles. The van der Waals surface area contributed by atoms with Crippen LogP contribution in [0.4, 0.5) is 13.2 Å². The van der Waals surface area contributed by atoms with Gasteiger partial charge in [0.25, 0.3) is 0 Å². The van der Waals surface area contributed by atoms with E-state index in [1.54, 1.807) is 18.2 Å². The van der Waals surface area contributed by atoms with Crippen molar-refractivity contribution >= 4 is 5.97 Å². The molecular weight excluding hydrogens is 457 g/mol. The minimum absolute atomic E-state index is 0.00548. The van der Waals surface area contributed by atoms with Crippen LogP contribution in [0.25, 0.3) is 5.69 Å². The molecule has 0 spiro atoms. The number of carboxylic acid groups (broad SMARTS) is 1. The number of aliphatic carboxylic acids is 1. The zero-order valence-corrected chi connectivity index (χ0v) is 17.8. The highest BCUT2D eigenvalue weighted by Gasteiger charge is 2.43. The lowest BCUT2D eigenvalue weighted by atomic mass is 9.96. The van der Waals surface area contributed by atoms with E-state index in [0.29, 0.717) is 11.3 Å². The Hall–Kier alpha value is -4.11. The Morgan fingerprint density at radius 2 is 1.97 bits per heavy atom. The Kier molecular flexibility index (Phi) is 5.89. The largest absolute Gasteiger partial charge is 0.493 e. The molecule has 1 aromatic heterocycles. The molecule has 34 heavy (non-hydrogen) atoms. The Morgan fingerprint density at radius 3 is 2.59 bits per heavy atom. The van der Waals surface area contributed by atoms with Gasteiger partial charge in [-0.25, -0.2) is 0 Å². The molecule has 0 unspecified atom stereocenters. The van der Waals surface area contributed by atoms with Crippen molar-refractivity contribution in [3.8, 4) is 23.3 Å². The second kappa shape index (κ2) is 8.68. The van der Waals surface area contributed by atoms with E-state index in [2.05, 4.69) is 10.2 Å². The molecule has 2 atom stereocenters. The minimum atomic E-state index is -4.89. The van der Waals surface area contributed by atoms with Gasteiger partial charge in [0.2, 0.25) is 5.82 Å². The van der Waals surface area contributed by atoms with Crippen LogP contribution in [-0.2, 0) is 15.7 Å². The van der Waals surface area contributed by atoms with E-state index < -0.39 is 36.6 Å². The highest BCUT2D eigenvalue weighted by Crippen LogP contribution is 2.47. The molecule has 1 N–H and O–H groups in total. The lowest BCUT2D eigenvalue weighted by molar-refractivity contribution is -0.146. The third-order valence-electron chi connectivity index (χ3n) is 5.29. The van der Waals surface area contributed by atoms with Gasteiger partial charge in [0, 0.05) is 11.1 Å². The number of alkyl halides is 3. The number of ether oxygens (including phenoxy) is 3. The fourth-order valence-corrected chi connectivity index (χ4v) is 3.92. The molecular formula is C22H17F3N4O5. The average Bonchev–Trinajstić information content (AvgIpc) is 3.21. The third kappa shape index (κ3) is 3.90. The average molecular weight is 474 g/mol. The first-order chi connectivity index (χ1) is 16.2. The van der Waals surface area contributed by atoms with Gasteiger partial charge in [-0.3, -0.25) is 9.36 Å². The van der Waals surface area contributed by atoms with E-state index in [1.165, 1.54) is 32.4 Å². The molecule has 0 bridgehead atoms. The molecule has 9 nitrogen and oxygen atoms in total. The van der Waals surface area contributed by atoms with Crippen LogP contribution in [0.3, 0.4) is 0 Å². The molecule has 0 aliphatic carbocycles. The maximum Gasteiger partial charge on any atom is 0.452 e. The molecule has 0 radical (unpaired) electrons. The summed E-state index contributed by atoms with van der Waals surface area (Å²) in [6, 6.07) is 10.9. The number of nitriles is 1. The number of benzene rings is 2. The molecule has 1 aliphatic rings. The van der Waals surface area contributed by atoms with Crippen LogP contribution in [0, 0.1) is 11.3 Å². The number of halogens is 3. The van der Waals surface area contributed by atoms with Crippen LogP contribution in [0.2, 0.25) is 0 Å². The summed E-state index contributed by atoms with van der Waals surface area (Å²) in [7, 11) is 2.80. The van der Waals surface area contributed by atoms with Crippen molar-refractivity contribution in [2.24, 2.45) is 0 Å².